The van der Waals surface area contributed by atoms with Crippen LogP contribution in [0.1, 0.15) is 12.1 Å². The van der Waals surface area contributed by atoms with Gasteiger partial charge < -0.3 is 44.1 Å². The van der Waals surface area contributed by atoms with Gasteiger partial charge in [-0.2, -0.15) is 8.62 Å². The summed E-state index contributed by atoms with van der Waals surface area (Å²) >= 11 is 0. The smallest absolute Gasteiger partial charge is 0.385 e. The summed E-state index contributed by atoms with van der Waals surface area (Å²) < 4.78 is 51.8. The molecule has 1 saturated heterocycles. The molecule has 3 heterocycles. The molecular weight excluding hydrogens is 491 g/mol. The first-order valence-corrected chi connectivity index (χ1v) is 12.5. The zero-order valence-electron chi connectivity index (χ0n) is 15.1. The minimum absolute atomic E-state index is 0.0384. The number of nitrogens with one attached hydrogen (secondary N) is 1. The maximum Gasteiger partial charge on any atom is 0.490 e. The summed E-state index contributed by atoms with van der Waals surface area (Å²) in [6, 6.07) is 1.33. The van der Waals surface area contributed by atoms with Crippen LogP contribution in [-0.4, -0.2) is 62.8 Å². The molecule has 2 aromatic heterocycles. The summed E-state index contributed by atoms with van der Waals surface area (Å²) in [4.78, 5) is 54.3. The van der Waals surface area contributed by atoms with Gasteiger partial charge in [0, 0.05) is 6.20 Å². The van der Waals surface area contributed by atoms with E-state index in [-0.39, 0.29) is 16.9 Å². The predicted octanol–water partition coefficient (Wildman–Crippen LogP) is -1.05. The Balaban J connectivity index is 1.81. The number of nitrogens with zero attached hydrogens (tertiary/aromatic N) is 2. The lowest BCUT2D eigenvalue weighted by molar-refractivity contribution is -0.133. The molecule has 6 unspecified atom stereocenters. The van der Waals surface area contributed by atoms with Crippen molar-refractivity contribution >= 4 is 34.5 Å². The molecule has 0 saturated carbocycles. The van der Waals surface area contributed by atoms with Crippen LogP contribution in [-0.2, 0) is 31.6 Å². The standard InChI is InChI=1S/C11H16N3O14P3/c1-4-12-8-5(9(17)13-4)2-3-14(8)10-6(15)7(16)11(25-10)26-30(21,22)28-31(23,24)27-29(18,19)20/h2-3,6-7,10-11,15-16H,1H3,(H,21,22)(H,23,24)(H,12,13,17)(H2,18,19,20). The van der Waals surface area contributed by atoms with Gasteiger partial charge in [0.1, 0.15) is 23.7 Å². The second kappa shape index (κ2) is 8.24. The predicted molar refractivity (Wildman–Crippen MR) is 96.0 cm³/mol. The van der Waals surface area contributed by atoms with Gasteiger partial charge in [0.2, 0.25) is 0 Å². The fraction of sp³-hybridized carbons (Fsp3) is 0.455. The highest BCUT2D eigenvalue weighted by atomic mass is 31.3. The molecule has 17 nitrogen and oxygen atoms in total. The highest BCUT2D eigenvalue weighted by molar-refractivity contribution is 7.66. The van der Waals surface area contributed by atoms with Crippen LogP contribution in [0.25, 0.3) is 11.0 Å². The number of aromatic nitrogens is 3. The molecule has 174 valence electrons. The molecule has 6 atom stereocenters. The molecule has 0 spiro atoms. The van der Waals surface area contributed by atoms with E-state index in [9.17, 15) is 33.6 Å². The van der Waals surface area contributed by atoms with Crippen LogP contribution in [0, 0.1) is 6.92 Å². The molecule has 7 N–H and O–H groups in total. The number of phosphoric ester groups is 1. The average molecular weight is 507 g/mol. The number of H-pyrrole nitrogens is 1. The Morgan fingerprint density at radius 2 is 1.74 bits per heavy atom. The topological polar surface area (TPSA) is 260 Å². The number of ether oxygens (including phenoxy) is 1. The van der Waals surface area contributed by atoms with Gasteiger partial charge in [0.25, 0.3) is 5.56 Å². The van der Waals surface area contributed by atoms with Crippen molar-refractivity contribution in [3.63, 3.8) is 0 Å². The second-order valence-corrected chi connectivity index (χ2v) is 10.6. The molecule has 3 rings (SSSR count). The van der Waals surface area contributed by atoms with Gasteiger partial charge in [-0.3, -0.25) is 9.32 Å². The average Bonchev–Trinajstić information content (AvgIpc) is 3.07. The molecule has 1 aliphatic rings. The molecule has 2 aromatic rings. The van der Waals surface area contributed by atoms with Crippen LogP contribution in [0.4, 0.5) is 0 Å². The number of phosphoric acid groups is 3. The number of aromatic amines is 1. The highest BCUT2D eigenvalue weighted by Crippen LogP contribution is 2.66. The second-order valence-electron chi connectivity index (χ2n) is 6.18. The molecule has 1 fully saturated rings. The van der Waals surface area contributed by atoms with Crippen molar-refractivity contribution in [1.29, 1.82) is 0 Å². The zero-order chi connectivity index (χ0) is 23.4. The number of aliphatic hydroxyl groups is 2. The van der Waals surface area contributed by atoms with Crippen molar-refractivity contribution < 1.29 is 61.4 Å². The SMILES string of the molecule is Cc1nc2c(ccn2C2OC(OP(=O)(O)OP(=O)(O)OP(=O)(O)O)C(O)C2O)c(=O)[nH]1. The van der Waals surface area contributed by atoms with Gasteiger partial charge in [0.15, 0.2) is 12.5 Å². The maximum atomic E-state index is 12.0. The van der Waals surface area contributed by atoms with Gasteiger partial charge in [-0.25, -0.2) is 18.7 Å². The van der Waals surface area contributed by atoms with Crippen molar-refractivity contribution in [3.8, 4) is 0 Å². The van der Waals surface area contributed by atoms with Gasteiger partial charge in [-0.15, -0.1) is 0 Å². The van der Waals surface area contributed by atoms with Crippen LogP contribution < -0.4 is 5.56 Å². The van der Waals surface area contributed by atoms with Crippen molar-refractivity contribution in [2.45, 2.75) is 31.6 Å². The van der Waals surface area contributed by atoms with E-state index in [0.29, 0.717) is 0 Å². The van der Waals surface area contributed by atoms with E-state index in [2.05, 4.69) is 23.1 Å². The third-order valence-corrected chi connectivity index (χ3v) is 7.62. The Hall–Kier alpha value is -1.29. The van der Waals surface area contributed by atoms with Crippen molar-refractivity contribution in [1.82, 2.24) is 14.5 Å². The summed E-state index contributed by atoms with van der Waals surface area (Å²) in [7, 11) is -17.0. The first-order valence-electron chi connectivity index (χ1n) is 8.00. The van der Waals surface area contributed by atoms with Crippen LogP contribution in [0.5, 0.6) is 0 Å². The fourth-order valence-corrected chi connectivity index (χ4v) is 5.83. The fourth-order valence-electron chi connectivity index (χ4n) is 2.73. The van der Waals surface area contributed by atoms with Crippen molar-refractivity contribution in [2.75, 3.05) is 0 Å². The molecule has 0 aliphatic carbocycles. The number of aryl methyl sites for hydroxylation is 1. The van der Waals surface area contributed by atoms with E-state index in [1.165, 1.54) is 19.2 Å². The van der Waals surface area contributed by atoms with E-state index in [0.717, 1.165) is 4.57 Å². The number of hydrogen-bond donors (Lipinski definition) is 7. The molecule has 20 heteroatoms. The normalized spacial score (nSPS) is 28.5. The Morgan fingerprint density at radius 3 is 2.35 bits per heavy atom. The third-order valence-electron chi connectivity index (χ3n) is 3.82. The quantitative estimate of drug-likeness (QED) is 0.221. The Labute approximate surface area is 171 Å². The van der Waals surface area contributed by atoms with Crippen LogP contribution in [0.3, 0.4) is 0 Å². The summed E-state index contributed by atoms with van der Waals surface area (Å²) in [5.41, 5.74) is -0.462. The largest absolute Gasteiger partial charge is 0.490 e. The molecular formula is C11H16N3O14P3. The first kappa shape index (κ1) is 24.4. The summed E-state index contributed by atoms with van der Waals surface area (Å²) in [5, 5.41) is 20.4. The molecule has 0 aromatic carbocycles. The minimum Gasteiger partial charge on any atom is -0.385 e. The van der Waals surface area contributed by atoms with Crippen molar-refractivity contribution in [2.24, 2.45) is 0 Å². The summed E-state index contributed by atoms with van der Waals surface area (Å²) in [6.07, 6.45) is -6.13. The van der Waals surface area contributed by atoms with Gasteiger partial charge in [-0.05, 0) is 13.0 Å². The van der Waals surface area contributed by atoms with E-state index < -0.39 is 53.8 Å². The molecule has 0 radical (unpaired) electrons. The number of hydrogen-bond acceptors (Lipinski definition) is 11. The number of fused-ring (bicyclic) bond motifs is 1. The lowest BCUT2D eigenvalue weighted by Gasteiger charge is -2.20. The third kappa shape index (κ3) is 5.56. The van der Waals surface area contributed by atoms with E-state index in [1.807, 2.05) is 0 Å². The lowest BCUT2D eigenvalue weighted by atomic mass is 10.2. The molecule has 1 aliphatic heterocycles. The maximum absolute atomic E-state index is 12.0. The van der Waals surface area contributed by atoms with Gasteiger partial charge in [0.05, 0.1) is 5.39 Å². The number of aliphatic hydroxyl groups excluding tert-OH is 2. The van der Waals surface area contributed by atoms with E-state index in [1.54, 1.807) is 0 Å². The summed E-state index contributed by atoms with van der Waals surface area (Å²) in [6.45, 7) is 1.48. The van der Waals surface area contributed by atoms with E-state index in [4.69, 9.17) is 19.4 Å². The summed E-state index contributed by atoms with van der Waals surface area (Å²) in [5.74, 6) is 0.218. The molecule has 0 bridgehead atoms. The Morgan fingerprint density at radius 1 is 1.10 bits per heavy atom. The monoisotopic (exact) mass is 507 g/mol. The Kier molecular flexibility index (Phi) is 6.48. The van der Waals surface area contributed by atoms with Gasteiger partial charge >= 0.3 is 23.5 Å². The zero-order valence-corrected chi connectivity index (χ0v) is 17.8. The van der Waals surface area contributed by atoms with Crippen LogP contribution >= 0.6 is 23.5 Å². The minimum atomic E-state index is -5.79. The van der Waals surface area contributed by atoms with Crippen molar-refractivity contribution in [3.05, 3.63) is 28.4 Å². The highest BCUT2D eigenvalue weighted by Gasteiger charge is 2.50. The Bertz CT molecular complexity index is 1190. The lowest BCUT2D eigenvalue weighted by Crippen LogP contribution is -2.32. The van der Waals surface area contributed by atoms with Gasteiger partial charge in [-0.1, -0.05) is 0 Å². The molecule has 31 heavy (non-hydrogen) atoms. The van der Waals surface area contributed by atoms with E-state index >= 15 is 0 Å². The number of rotatable bonds is 7. The van der Waals surface area contributed by atoms with Crippen LogP contribution in [0.15, 0.2) is 17.1 Å². The molecule has 0 amide bonds. The first-order chi connectivity index (χ1) is 14.1. The van der Waals surface area contributed by atoms with Crippen LogP contribution in [0.2, 0.25) is 0 Å².